The summed E-state index contributed by atoms with van der Waals surface area (Å²) in [5.74, 6) is -1.07. The molecule has 4 heteroatoms. The Bertz CT molecular complexity index is 264. The van der Waals surface area contributed by atoms with Crippen molar-refractivity contribution in [2.45, 2.75) is 0 Å². The van der Waals surface area contributed by atoms with Gasteiger partial charge in [0, 0.05) is 12.7 Å². The third-order valence-electron chi connectivity index (χ3n) is 1.56. The Morgan fingerprint density at radius 3 is 2.38 bits per heavy atom. The van der Waals surface area contributed by atoms with Gasteiger partial charge in [0.1, 0.15) is 0 Å². The molecule has 0 spiro atoms. The summed E-state index contributed by atoms with van der Waals surface area (Å²) in [6.07, 6.45) is 0. The van der Waals surface area contributed by atoms with Crippen molar-refractivity contribution >= 4 is 11.7 Å². The molecule has 0 aliphatic carbocycles. The molecule has 0 heterocycles. The Hall–Kier alpha value is -0.510. The van der Waals surface area contributed by atoms with Crippen LogP contribution < -0.4 is 39.6 Å². The Labute approximate surface area is 99.7 Å². The van der Waals surface area contributed by atoms with E-state index in [1.54, 1.807) is 11.9 Å². The first-order chi connectivity index (χ1) is 5.70. The van der Waals surface area contributed by atoms with E-state index in [1.165, 1.54) is 0 Å². The summed E-state index contributed by atoms with van der Waals surface area (Å²) < 4.78 is 0. The maximum Gasteiger partial charge on any atom is 1.00 e. The van der Waals surface area contributed by atoms with Crippen molar-refractivity contribution in [3.63, 3.8) is 0 Å². The van der Waals surface area contributed by atoms with Crippen molar-refractivity contribution in [3.05, 3.63) is 30.3 Å². The molecule has 0 aliphatic heterocycles. The first-order valence-electron chi connectivity index (χ1n) is 3.66. The summed E-state index contributed by atoms with van der Waals surface area (Å²) in [6.45, 7) is -0.0794. The zero-order chi connectivity index (χ0) is 8.97. The van der Waals surface area contributed by atoms with Crippen molar-refractivity contribution in [1.82, 2.24) is 0 Å². The molecule has 0 atom stereocenters. The average molecular weight is 187 g/mol. The molecular weight excluding hydrogens is 177 g/mol. The smallest absolute Gasteiger partial charge is 0.548 e. The summed E-state index contributed by atoms with van der Waals surface area (Å²) in [5.41, 5.74) is 0.877. The molecule has 1 aromatic carbocycles. The van der Waals surface area contributed by atoms with Gasteiger partial charge >= 0.3 is 29.6 Å². The van der Waals surface area contributed by atoms with Gasteiger partial charge in [-0.05, 0) is 12.1 Å². The van der Waals surface area contributed by atoms with E-state index >= 15 is 0 Å². The molecule has 0 aromatic heterocycles. The van der Waals surface area contributed by atoms with E-state index in [4.69, 9.17) is 0 Å². The minimum Gasteiger partial charge on any atom is -0.548 e. The van der Waals surface area contributed by atoms with E-state index in [1.807, 2.05) is 30.3 Å². The SMILES string of the molecule is CN(CC(=O)[O-])c1ccccc1.[Na+]. The number of hydrogen-bond donors (Lipinski definition) is 0. The van der Waals surface area contributed by atoms with Crippen LogP contribution in [0.15, 0.2) is 30.3 Å². The van der Waals surface area contributed by atoms with Gasteiger partial charge in [0.15, 0.2) is 0 Å². The van der Waals surface area contributed by atoms with Crippen molar-refractivity contribution in [2.75, 3.05) is 18.5 Å². The number of benzene rings is 1. The number of para-hydroxylation sites is 1. The maximum atomic E-state index is 10.2. The third-order valence-corrected chi connectivity index (χ3v) is 1.56. The quantitative estimate of drug-likeness (QED) is 0.470. The molecule has 3 nitrogen and oxygen atoms in total. The molecule has 0 fully saturated rings. The van der Waals surface area contributed by atoms with Crippen molar-refractivity contribution in [3.8, 4) is 0 Å². The minimum atomic E-state index is -1.07. The standard InChI is InChI=1S/C9H11NO2.Na/c1-10(7-9(11)12)8-5-3-2-4-6-8;/h2-6H,7H2,1H3,(H,11,12);/q;+1/p-1. The van der Waals surface area contributed by atoms with E-state index < -0.39 is 5.97 Å². The van der Waals surface area contributed by atoms with Gasteiger partial charge in [-0.15, -0.1) is 0 Å². The second kappa shape index (κ2) is 6.02. The largest absolute Gasteiger partial charge is 1.00 e. The van der Waals surface area contributed by atoms with Crippen LogP contribution in [-0.4, -0.2) is 19.6 Å². The fourth-order valence-electron chi connectivity index (χ4n) is 0.967. The summed E-state index contributed by atoms with van der Waals surface area (Å²) in [5, 5.41) is 10.2. The number of rotatable bonds is 3. The van der Waals surface area contributed by atoms with Gasteiger partial charge in [-0.25, -0.2) is 0 Å². The molecule has 64 valence electrons. The number of anilines is 1. The van der Waals surface area contributed by atoms with E-state index in [2.05, 4.69) is 0 Å². The molecule has 0 unspecified atom stereocenters. The van der Waals surface area contributed by atoms with Crippen LogP contribution in [0, 0.1) is 0 Å². The van der Waals surface area contributed by atoms with Gasteiger partial charge in [0.25, 0.3) is 0 Å². The number of aliphatic carboxylic acids is 1. The van der Waals surface area contributed by atoms with Gasteiger partial charge in [-0.3, -0.25) is 0 Å². The maximum absolute atomic E-state index is 10.2. The molecule has 1 aromatic rings. The number of carboxylic acid groups (broad SMARTS) is 1. The first-order valence-corrected chi connectivity index (χ1v) is 3.66. The zero-order valence-electron chi connectivity index (χ0n) is 7.86. The Kier molecular flexibility index (Phi) is 5.79. The average Bonchev–Trinajstić information content (AvgIpc) is 2.05. The molecule has 0 N–H and O–H groups in total. The molecular formula is C9H10NNaO2. The van der Waals surface area contributed by atoms with E-state index in [9.17, 15) is 9.90 Å². The number of carbonyl (C=O) groups excluding carboxylic acids is 1. The summed E-state index contributed by atoms with van der Waals surface area (Å²) >= 11 is 0. The molecule has 1 rings (SSSR count). The van der Waals surface area contributed by atoms with Crippen molar-refractivity contribution in [1.29, 1.82) is 0 Å². The number of likely N-dealkylation sites (N-methyl/N-ethyl adjacent to an activating group) is 1. The van der Waals surface area contributed by atoms with E-state index in [0.29, 0.717) is 0 Å². The normalized spacial score (nSPS) is 8.69. The summed E-state index contributed by atoms with van der Waals surface area (Å²) in [4.78, 5) is 11.9. The first kappa shape index (κ1) is 12.5. The Balaban J connectivity index is 0.00000144. The van der Waals surface area contributed by atoms with Gasteiger partial charge in [0.05, 0.1) is 12.5 Å². The van der Waals surface area contributed by atoms with Crippen LogP contribution in [0.4, 0.5) is 5.69 Å². The Morgan fingerprint density at radius 1 is 1.38 bits per heavy atom. The van der Waals surface area contributed by atoms with Crippen molar-refractivity contribution in [2.24, 2.45) is 0 Å². The molecule has 0 saturated carbocycles. The molecule has 0 radical (unpaired) electrons. The van der Waals surface area contributed by atoms with Gasteiger partial charge < -0.3 is 14.8 Å². The molecule has 13 heavy (non-hydrogen) atoms. The van der Waals surface area contributed by atoms with Crippen LogP contribution in [0.25, 0.3) is 0 Å². The Morgan fingerprint density at radius 2 is 1.92 bits per heavy atom. The van der Waals surface area contributed by atoms with Crippen LogP contribution in [-0.2, 0) is 4.79 Å². The van der Waals surface area contributed by atoms with Crippen LogP contribution in [0.3, 0.4) is 0 Å². The molecule has 0 bridgehead atoms. The fourth-order valence-corrected chi connectivity index (χ4v) is 0.967. The molecule has 0 saturated heterocycles. The number of carboxylic acids is 1. The third kappa shape index (κ3) is 4.31. The van der Waals surface area contributed by atoms with E-state index in [0.717, 1.165) is 5.69 Å². The predicted octanol–water partition coefficient (Wildman–Crippen LogP) is -3.12. The predicted molar refractivity (Wildman–Crippen MR) is 44.7 cm³/mol. The van der Waals surface area contributed by atoms with Gasteiger partial charge in [-0.1, -0.05) is 18.2 Å². The van der Waals surface area contributed by atoms with Gasteiger partial charge in [0.2, 0.25) is 0 Å². The van der Waals surface area contributed by atoms with Crippen molar-refractivity contribution < 1.29 is 39.5 Å². The van der Waals surface area contributed by atoms with Crippen LogP contribution in [0.1, 0.15) is 0 Å². The zero-order valence-corrected chi connectivity index (χ0v) is 9.86. The molecule has 0 amide bonds. The van der Waals surface area contributed by atoms with Gasteiger partial charge in [-0.2, -0.15) is 0 Å². The fraction of sp³-hybridized carbons (Fsp3) is 0.222. The van der Waals surface area contributed by atoms with E-state index in [-0.39, 0.29) is 36.1 Å². The number of carbonyl (C=O) groups is 1. The minimum absolute atomic E-state index is 0. The molecule has 0 aliphatic rings. The van der Waals surface area contributed by atoms with Crippen LogP contribution in [0.2, 0.25) is 0 Å². The topological polar surface area (TPSA) is 43.4 Å². The number of hydrogen-bond acceptors (Lipinski definition) is 3. The number of nitrogens with zero attached hydrogens (tertiary/aromatic N) is 1. The summed E-state index contributed by atoms with van der Waals surface area (Å²) in [6, 6.07) is 9.31. The second-order valence-electron chi connectivity index (χ2n) is 2.56. The van der Waals surface area contributed by atoms with Crippen LogP contribution in [0.5, 0.6) is 0 Å². The second-order valence-corrected chi connectivity index (χ2v) is 2.56. The van der Waals surface area contributed by atoms with Crippen LogP contribution >= 0.6 is 0 Å². The monoisotopic (exact) mass is 187 g/mol. The summed E-state index contributed by atoms with van der Waals surface area (Å²) in [7, 11) is 1.71.